The highest BCUT2D eigenvalue weighted by Gasteiger charge is 2.30. The topological polar surface area (TPSA) is 32.7 Å². The van der Waals surface area contributed by atoms with E-state index in [9.17, 15) is 0 Å². The quantitative estimate of drug-likeness (QED) is 0.711. The van der Waals surface area contributed by atoms with Crippen LogP contribution in [-0.4, -0.2) is 48.0 Å². The summed E-state index contributed by atoms with van der Waals surface area (Å²) in [5.74, 6) is 0. The van der Waals surface area contributed by atoms with Crippen LogP contribution in [0.25, 0.3) is 0 Å². The predicted molar refractivity (Wildman–Crippen MR) is 52.8 cm³/mol. The molecule has 78 valence electrons. The maximum Gasteiger partial charge on any atom is 0.0757 e. The second-order valence-electron chi connectivity index (χ2n) is 4.50. The molecule has 0 radical (unpaired) electrons. The molecular formula is C10H21NO2. The number of rotatable bonds is 3. The molecule has 1 heterocycles. The standard InChI is InChI=1S/C10H21NO2/c1-9-7-11(5-4-6-12)8-10(2,3)13-9/h9,12H,4-8H2,1-3H3. The van der Waals surface area contributed by atoms with Crippen LogP contribution < -0.4 is 0 Å². The van der Waals surface area contributed by atoms with Gasteiger partial charge in [0.05, 0.1) is 11.7 Å². The first-order chi connectivity index (χ1) is 6.03. The minimum atomic E-state index is -0.0346. The number of hydrogen-bond acceptors (Lipinski definition) is 3. The molecule has 0 saturated carbocycles. The molecule has 0 aromatic heterocycles. The number of ether oxygens (including phenoxy) is 1. The Morgan fingerprint density at radius 1 is 1.54 bits per heavy atom. The summed E-state index contributed by atoms with van der Waals surface area (Å²) >= 11 is 0. The largest absolute Gasteiger partial charge is 0.396 e. The van der Waals surface area contributed by atoms with Gasteiger partial charge in [0.1, 0.15) is 0 Å². The van der Waals surface area contributed by atoms with Gasteiger partial charge >= 0.3 is 0 Å². The third-order valence-corrected chi connectivity index (χ3v) is 2.27. The summed E-state index contributed by atoms with van der Waals surface area (Å²) in [6.45, 7) is 9.57. The third-order valence-electron chi connectivity index (χ3n) is 2.27. The molecule has 1 saturated heterocycles. The molecule has 1 unspecified atom stereocenters. The van der Waals surface area contributed by atoms with Crippen LogP contribution in [0.3, 0.4) is 0 Å². The fraction of sp³-hybridized carbons (Fsp3) is 1.00. The average molecular weight is 187 g/mol. The van der Waals surface area contributed by atoms with Crippen molar-refractivity contribution in [2.45, 2.75) is 38.9 Å². The fourth-order valence-corrected chi connectivity index (χ4v) is 2.05. The van der Waals surface area contributed by atoms with Gasteiger partial charge in [-0.1, -0.05) is 0 Å². The smallest absolute Gasteiger partial charge is 0.0757 e. The number of nitrogens with zero attached hydrogens (tertiary/aromatic N) is 1. The van der Waals surface area contributed by atoms with Gasteiger partial charge in [-0.05, 0) is 27.2 Å². The Hall–Kier alpha value is -0.120. The molecule has 13 heavy (non-hydrogen) atoms. The Morgan fingerprint density at radius 3 is 2.77 bits per heavy atom. The highest BCUT2D eigenvalue weighted by molar-refractivity contribution is 4.82. The van der Waals surface area contributed by atoms with Gasteiger partial charge in [0.25, 0.3) is 0 Å². The lowest BCUT2D eigenvalue weighted by Gasteiger charge is -2.41. The maximum atomic E-state index is 8.73. The van der Waals surface area contributed by atoms with Crippen molar-refractivity contribution in [3.05, 3.63) is 0 Å². The van der Waals surface area contributed by atoms with Crippen LogP contribution in [0.1, 0.15) is 27.2 Å². The molecule has 0 aromatic rings. The van der Waals surface area contributed by atoms with E-state index in [2.05, 4.69) is 25.7 Å². The summed E-state index contributed by atoms with van der Waals surface area (Å²) in [7, 11) is 0. The lowest BCUT2D eigenvalue weighted by atomic mass is 10.1. The predicted octanol–water partition coefficient (Wildman–Crippen LogP) is 0.868. The van der Waals surface area contributed by atoms with Gasteiger partial charge in [0.15, 0.2) is 0 Å². The van der Waals surface area contributed by atoms with E-state index >= 15 is 0 Å². The fourth-order valence-electron chi connectivity index (χ4n) is 2.05. The normalized spacial score (nSPS) is 29.1. The Morgan fingerprint density at radius 2 is 2.23 bits per heavy atom. The van der Waals surface area contributed by atoms with Crippen molar-refractivity contribution < 1.29 is 9.84 Å². The monoisotopic (exact) mass is 187 g/mol. The third kappa shape index (κ3) is 3.63. The molecule has 0 amide bonds. The summed E-state index contributed by atoms with van der Waals surface area (Å²) < 4.78 is 5.78. The molecule has 1 aliphatic heterocycles. The summed E-state index contributed by atoms with van der Waals surface area (Å²) in [5.41, 5.74) is -0.0346. The lowest BCUT2D eigenvalue weighted by molar-refractivity contribution is -0.129. The van der Waals surface area contributed by atoms with Crippen molar-refractivity contribution in [1.82, 2.24) is 4.90 Å². The average Bonchev–Trinajstić information content (AvgIpc) is 1.97. The zero-order valence-electron chi connectivity index (χ0n) is 8.92. The molecule has 0 aromatic carbocycles. The van der Waals surface area contributed by atoms with Gasteiger partial charge in [0, 0.05) is 26.2 Å². The maximum absolute atomic E-state index is 8.73. The first-order valence-electron chi connectivity index (χ1n) is 5.04. The van der Waals surface area contributed by atoms with Gasteiger partial charge in [-0.25, -0.2) is 0 Å². The Balaban J connectivity index is 2.38. The highest BCUT2D eigenvalue weighted by atomic mass is 16.5. The van der Waals surface area contributed by atoms with Crippen molar-refractivity contribution in [1.29, 1.82) is 0 Å². The van der Waals surface area contributed by atoms with Crippen molar-refractivity contribution in [2.75, 3.05) is 26.2 Å². The molecule has 1 fully saturated rings. The van der Waals surface area contributed by atoms with Crippen molar-refractivity contribution in [3.63, 3.8) is 0 Å². The Labute approximate surface area is 80.7 Å². The molecule has 3 heteroatoms. The first-order valence-corrected chi connectivity index (χ1v) is 5.04. The van der Waals surface area contributed by atoms with E-state index in [0.29, 0.717) is 6.10 Å². The van der Waals surface area contributed by atoms with E-state index in [-0.39, 0.29) is 12.2 Å². The second kappa shape index (κ2) is 4.40. The Bertz CT molecular complexity index is 159. The molecular weight excluding hydrogens is 166 g/mol. The van der Waals surface area contributed by atoms with Crippen molar-refractivity contribution in [2.24, 2.45) is 0 Å². The first kappa shape index (κ1) is 11.0. The van der Waals surface area contributed by atoms with Crippen LogP contribution in [0.15, 0.2) is 0 Å². The van der Waals surface area contributed by atoms with Crippen molar-refractivity contribution >= 4 is 0 Å². The van der Waals surface area contributed by atoms with Crippen LogP contribution in [-0.2, 0) is 4.74 Å². The number of hydrogen-bond donors (Lipinski definition) is 1. The molecule has 0 bridgehead atoms. The highest BCUT2D eigenvalue weighted by Crippen LogP contribution is 2.20. The van der Waals surface area contributed by atoms with E-state index in [1.54, 1.807) is 0 Å². The van der Waals surface area contributed by atoms with E-state index in [0.717, 1.165) is 26.1 Å². The zero-order chi connectivity index (χ0) is 9.90. The molecule has 0 spiro atoms. The van der Waals surface area contributed by atoms with Gasteiger partial charge < -0.3 is 9.84 Å². The van der Waals surface area contributed by atoms with Gasteiger partial charge in [-0.15, -0.1) is 0 Å². The molecule has 0 aliphatic carbocycles. The van der Waals surface area contributed by atoms with E-state index in [1.165, 1.54) is 0 Å². The van der Waals surface area contributed by atoms with E-state index < -0.39 is 0 Å². The van der Waals surface area contributed by atoms with Gasteiger partial charge in [0.2, 0.25) is 0 Å². The summed E-state index contributed by atoms with van der Waals surface area (Å²) in [6.07, 6.45) is 1.17. The van der Waals surface area contributed by atoms with Crippen LogP contribution >= 0.6 is 0 Å². The lowest BCUT2D eigenvalue weighted by Crippen LogP contribution is -2.52. The SMILES string of the molecule is CC1CN(CCCO)CC(C)(C)O1. The van der Waals surface area contributed by atoms with E-state index in [1.807, 2.05) is 0 Å². The van der Waals surface area contributed by atoms with Crippen LogP contribution in [0.4, 0.5) is 0 Å². The minimum Gasteiger partial charge on any atom is -0.396 e. The number of aliphatic hydroxyl groups excluding tert-OH is 1. The van der Waals surface area contributed by atoms with Crippen LogP contribution in [0.5, 0.6) is 0 Å². The zero-order valence-corrected chi connectivity index (χ0v) is 8.92. The van der Waals surface area contributed by atoms with Gasteiger partial charge in [-0.3, -0.25) is 4.90 Å². The summed E-state index contributed by atoms with van der Waals surface area (Å²) in [5, 5.41) is 8.73. The molecule has 3 nitrogen and oxygen atoms in total. The molecule has 1 atom stereocenters. The minimum absolute atomic E-state index is 0.0346. The second-order valence-corrected chi connectivity index (χ2v) is 4.50. The summed E-state index contributed by atoms with van der Waals surface area (Å²) in [6, 6.07) is 0. The molecule has 1 N–H and O–H groups in total. The van der Waals surface area contributed by atoms with Crippen molar-refractivity contribution in [3.8, 4) is 0 Å². The van der Waals surface area contributed by atoms with Gasteiger partial charge in [-0.2, -0.15) is 0 Å². The van der Waals surface area contributed by atoms with E-state index in [4.69, 9.17) is 9.84 Å². The molecule has 1 rings (SSSR count). The van der Waals surface area contributed by atoms with Crippen LogP contribution in [0, 0.1) is 0 Å². The van der Waals surface area contributed by atoms with Crippen LogP contribution in [0.2, 0.25) is 0 Å². The number of morpholine rings is 1. The summed E-state index contributed by atoms with van der Waals surface area (Å²) in [4.78, 5) is 2.37. The number of aliphatic hydroxyl groups is 1. The molecule has 1 aliphatic rings. The Kier molecular flexibility index (Phi) is 3.71.